The lowest BCUT2D eigenvalue weighted by Crippen LogP contribution is -2.19. The average Bonchev–Trinajstić information content (AvgIpc) is 2.90. The molecule has 0 spiro atoms. The predicted molar refractivity (Wildman–Crippen MR) is 85.4 cm³/mol. The Morgan fingerprint density at radius 2 is 2.15 bits per heavy atom. The van der Waals surface area contributed by atoms with Gasteiger partial charge in [0.2, 0.25) is 5.91 Å². The molecular formula is C14H14N2O2S2. The standard InChI is InChI=1S/C14H14N2O2S2/c15-13(19)8-18-12-4-2-1-3-11(12)16-14(17)7-10-5-6-20-9-10/h1-6,9H,7-8H2,(H2,15,19)(H,16,17). The summed E-state index contributed by atoms with van der Waals surface area (Å²) in [6.07, 6.45) is 0.340. The highest BCUT2D eigenvalue weighted by Gasteiger charge is 2.08. The van der Waals surface area contributed by atoms with Crippen LogP contribution in [0.2, 0.25) is 0 Å². The van der Waals surface area contributed by atoms with Crippen molar-refractivity contribution >= 4 is 40.1 Å². The number of para-hydroxylation sites is 2. The zero-order valence-corrected chi connectivity index (χ0v) is 12.3. The van der Waals surface area contributed by atoms with Gasteiger partial charge in [0, 0.05) is 0 Å². The molecule has 4 nitrogen and oxygen atoms in total. The molecule has 0 saturated carbocycles. The van der Waals surface area contributed by atoms with Crippen LogP contribution in [0.25, 0.3) is 0 Å². The van der Waals surface area contributed by atoms with Crippen LogP contribution in [0.15, 0.2) is 41.1 Å². The van der Waals surface area contributed by atoms with Crippen molar-refractivity contribution in [3.05, 3.63) is 46.7 Å². The Balaban J connectivity index is 2.01. The van der Waals surface area contributed by atoms with Crippen molar-refractivity contribution in [2.75, 3.05) is 11.9 Å². The minimum absolute atomic E-state index is 0.0882. The molecule has 1 amide bonds. The number of nitrogens with one attached hydrogen (secondary N) is 1. The number of rotatable bonds is 6. The molecular weight excluding hydrogens is 292 g/mol. The Labute approximate surface area is 126 Å². The summed E-state index contributed by atoms with van der Waals surface area (Å²) in [7, 11) is 0. The highest BCUT2D eigenvalue weighted by Crippen LogP contribution is 2.24. The molecule has 0 unspecified atom stereocenters. The minimum atomic E-state index is -0.0882. The Hall–Kier alpha value is -1.92. The van der Waals surface area contributed by atoms with Gasteiger partial charge in [0.25, 0.3) is 0 Å². The summed E-state index contributed by atoms with van der Waals surface area (Å²) in [6.45, 7) is 0.146. The van der Waals surface area contributed by atoms with Crippen LogP contribution in [-0.2, 0) is 11.2 Å². The molecule has 1 aromatic heterocycles. The van der Waals surface area contributed by atoms with E-state index < -0.39 is 0 Å². The third kappa shape index (κ3) is 4.32. The number of thiophene rings is 1. The van der Waals surface area contributed by atoms with E-state index in [0.717, 1.165) is 5.56 Å². The number of hydrogen-bond acceptors (Lipinski definition) is 4. The zero-order valence-electron chi connectivity index (χ0n) is 10.7. The first-order valence-electron chi connectivity index (χ1n) is 5.96. The second-order valence-corrected chi connectivity index (χ2v) is 5.41. The maximum Gasteiger partial charge on any atom is 0.228 e. The number of carbonyl (C=O) groups is 1. The van der Waals surface area contributed by atoms with E-state index in [1.165, 1.54) is 0 Å². The maximum absolute atomic E-state index is 12.0. The van der Waals surface area contributed by atoms with Crippen LogP contribution >= 0.6 is 23.6 Å². The third-order valence-corrected chi connectivity index (χ3v) is 3.33. The highest BCUT2D eigenvalue weighted by molar-refractivity contribution is 7.80. The lowest BCUT2D eigenvalue weighted by Gasteiger charge is -2.11. The van der Waals surface area contributed by atoms with Gasteiger partial charge in [-0.15, -0.1) is 0 Å². The van der Waals surface area contributed by atoms with Crippen molar-refractivity contribution < 1.29 is 9.53 Å². The fourth-order valence-electron chi connectivity index (χ4n) is 1.62. The SMILES string of the molecule is NC(=S)COc1ccccc1NC(=O)Cc1ccsc1. The Morgan fingerprint density at radius 3 is 2.85 bits per heavy atom. The van der Waals surface area contributed by atoms with Gasteiger partial charge in [-0.1, -0.05) is 24.4 Å². The second-order valence-electron chi connectivity index (χ2n) is 4.11. The summed E-state index contributed by atoms with van der Waals surface area (Å²) in [4.78, 5) is 12.2. The first-order valence-corrected chi connectivity index (χ1v) is 7.31. The topological polar surface area (TPSA) is 64.3 Å². The van der Waals surface area contributed by atoms with Gasteiger partial charge in [0.05, 0.1) is 12.1 Å². The molecule has 0 fully saturated rings. The number of ether oxygens (including phenoxy) is 1. The second kappa shape index (κ2) is 7.02. The average molecular weight is 306 g/mol. The molecule has 20 heavy (non-hydrogen) atoms. The molecule has 0 atom stereocenters. The van der Waals surface area contributed by atoms with Crippen LogP contribution in [0.3, 0.4) is 0 Å². The van der Waals surface area contributed by atoms with Crippen molar-refractivity contribution in [3.63, 3.8) is 0 Å². The number of nitrogens with two attached hydrogens (primary N) is 1. The number of amides is 1. The third-order valence-electron chi connectivity index (χ3n) is 2.48. The smallest absolute Gasteiger partial charge is 0.228 e. The predicted octanol–water partition coefficient (Wildman–Crippen LogP) is 2.59. The Morgan fingerprint density at radius 1 is 1.35 bits per heavy atom. The van der Waals surface area contributed by atoms with Gasteiger partial charge < -0.3 is 15.8 Å². The van der Waals surface area contributed by atoms with Gasteiger partial charge >= 0.3 is 0 Å². The molecule has 0 aliphatic carbocycles. The molecule has 104 valence electrons. The van der Waals surface area contributed by atoms with E-state index in [1.54, 1.807) is 23.5 Å². The van der Waals surface area contributed by atoms with E-state index in [4.69, 9.17) is 22.7 Å². The summed E-state index contributed by atoms with van der Waals surface area (Å²) < 4.78 is 5.46. The van der Waals surface area contributed by atoms with Crippen molar-refractivity contribution in [1.82, 2.24) is 0 Å². The monoisotopic (exact) mass is 306 g/mol. The summed E-state index contributed by atoms with van der Waals surface area (Å²) in [6, 6.07) is 9.12. The van der Waals surface area contributed by atoms with Crippen molar-refractivity contribution in [2.24, 2.45) is 5.73 Å². The lowest BCUT2D eigenvalue weighted by atomic mass is 10.2. The van der Waals surface area contributed by atoms with Crippen LogP contribution in [0.1, 0.15) is 5.56 Å². The molecule has 1 aromatic carbocycles. The molecule has 2 aromatic rings. The molecule has 0 radical (unpaired) electrons. The lowest BCUT2D eigenvalue weighted by molar-refractivity contribution is -0.115. The molecule has 3 N–H and O–H groups in total. The number of thiocarbonyl (C=S) groups is 1. The van der Waals surface area contributed by atoms with Gasteiger partial charge in [0.15, 0.2) is 0 Å². The van der Waals surface area contributed by atoms with Crippen LogP contribution < -0.4 is 15.8 Å². The molecule has 6 heteroatoms. The molecule has 0 aliphatic heterocycles. The van der Waals surface area contributed by atoms with Crippen molar-refractivity contribution in [1.29, 1.82) is 0 Å². The molecule has 0 saturated heterocycles. The number of carbonyl (C=O) groups excluding carboxylic acids is 1. The summed E-state index contributed by atoms with van der Waals surface area (Å²) in [5.74, 6) is 0.466. The van der Waals surface area contributed by atoms with Crippen LogP contribution in [0.4, 0.5) is 5.69 Å². The van der Waals surface area contributed by atoms with Gasteiger partial charge in [-0.05, 0) is 34.5 Å². The largest absolute Gasteiger partial charge is 0.484 e. The first-order chi connectivity index (χ1) is 9.65. The van der Waals surface area contributed by atoms with Gasteiger partial charge in [-0.2, -0.15) is 11.3 Å². The van der Waals surface area contributed by atoms with E-state index in [0.29, 0.717) is 17.9 Å². The van der Waals surface area contributed by atoms with Crippen molar-refractivity contribution in [3.8, 4) is 5.75 Å². The van der Waals surface area contributed by atoms with Gasteiger partial charge in [-0.25, -0.2) is 0 Å². The van der Waals surface area contributed by atoms with Crippen molar-refractivity contribution in [2.45, 2.75) is 6.42 Å². The highest BCUT2D eigenvalue weighted by atomic mass is 32.1. The van der Waals surface area contributed by atoms with E-state index >= 15 is 0 Å². The Bertz CT molecular complexity index is 597. The molecule has 2 rings (SSSR count). The van der Waals surface area contributed by atoms with Crippen LogP contribution in [0.5, 0.6) is 5.75 Å². The summed E-state index contributed by atoms with van der Waals surface area (Å²) >= 11 is 6.34. The van der Waals surface area contributed by atoms with Gasteiger partial charge in [0.1, 0.15) is 17.3 Å². The molecule has 1 heterocycles. The fourth-order valence-corrected chi connectivity index (χ4v) is 2.35. The maximum atomic E-state index is 12.0. The van der Waals surface area contributed by atoms with E-state index in [1.807, 2.05) is 29.0 Å². The van der Waals surface area contributed by atoms with E-state index in [2.05, 4.69) is 5.32 Å². The summed E-state index contributed by atoms with van der Waals surface area (Å²) in [5.41, 5.74) is 7.01. The molecule has 0 aliphatic rings. The first kappa shape index (κ1) is 14.5. The fraction of sp³-hybridized carbons (Fsp3) is 0.143. The normalized spacial score (nSPS) is 10.0. The zero-order chi connectivity index (χ0) is 14.4. The summed E-state index contributed by atoms with van der Waals surface area (Å²) in [5, 5.41) is 6.73. The number of benzene rings is 1. The van der Waals surface area contributed by atoms with Crippen LogP contribution in [-0.4, -0.2) is 17.5 Å². The molecule has 0 bridgehead atoms. The minimum Gasteiger partial charge on any atom is -0.484 e. The van der Waals surface area contributed by atoms with Gasteiger partial charge in [-0.3, -0.25) is 4.79 Å². The number of hydrogen-bond donors (Lipinski definition) is 2. The van der Waals surface area contributed by atoms with E-state index in [9.17, 15) is 4.79 Å². The number of anilines is 1. The van der Waals surface area contributed by atoms with Crippen LogP contribution in [0, 0.1) is 0 Å². The Kier molecular flexibility index (Phi) is 5.09. The quantitative estimate of drug-likeness (QED) is 0.805. The van der Waals surface area contributed by atoms with E-state index in [-0.39, 0.29) is 17.5 Å².